The maximum Gasteiger partial charge on any atom is 0.281 e. The van der Waals surface area contributed by atoms with Crippen LogP contribution in [0.1, 0.15) is 12.5 Å². The van der Waals surface area contributed by atoms with Crippen molar-refractivity contribution in [3.63, 3.8) is 0 Å². The predicted molar refractivity (Wildman–Crippen MR) is 142 cm³/mol. The first-order chi connectivity index (χ1) is 17.5. The average molecular weight is 504 g/mol. The van der Waals surface area contributed by atoms with Gasteiger partial charge in [0, 0.05) is 5.69 Å². The Hall–Kier alpha value is -4.37. The van der Waals surface area contributed by atoms with Gasteiger partial charge in [0.15, 0.2) is 23.2 Å². The minimum absolute atomic E-state index is 0.183. The van der Waals surface area contributed by atoms with E-state index in [9.17, 15) is 9.59 Å². The molecule has 1 aliphatic heterocycles. The molecule has 2 amide bonds. The van der Waals surface area contributed by atoms with Crippen LogP contribution in [0.2, 0.25) is 0 Å². The van der Waals surface area contributed by atoms with Crippen LogP contribution in [0.3, 0.4) is 0 Å². The molecule has 184 valence electrons. The van der Waals surface area contributed by atoms with E-state index in [0.29, 0.717) is 40.7 Å². The molecular formula is C27H25N3O5S. The molecule has 0 unspecified atom stereocenters. The van der Waals surface area contributed by atoms with Crippen molar-refractivity contribution in [2.75, 3.05) is 30.5 Å². The van der Waals surface area contributed by atoms with Crippen LogP contribution in [0.5, 0.6) is 17.2 Å². The number of methoxy groups -OCH3 is 1. The van der Waals surface area contributed by atoms with Crippen LogP contribution in [-0.4, -0.2) is 37.3 Å². The summed E-state index contributed by atoms with van der Waals surface area (Å²) >= 11 is 5.39. The zero-order chi connectivity index (χ0) is 25.5. The topological polar surface area (TPSA) is 89.1 Å². The van der Waals surface area contributed by atoms with Gasteiger partial charge in [-0.2, -0.15) is 0 Å². The number of amides is 2. The second kappa shape index (κ2) is 11.4. The number of thiocarbonyl (C=S) groups is 1. The highest BCUT2D eigenvalue weighted by Gasteiger charge is 2.32. The maximum absolute atomic E-state index is 13.1. The van der Waals surface area contributed by atoms with Crippen molar-refractivity contribution >= 4 is 46.6 Å². The molecule has 1 heterocycles. The van der Waals surface area contributed by atoms with Gasteiger partial charge in [-0.25, -0.2) is 0 Å². The van der Waals surface area contributed by atoms with Crippen molar-refractivity contribution in [2.24, 2.45) is 0 Å². The monoisotopic (exact) mass is 503 g/mol. The smallest absolute Gasteiger partial charge is 0.281 e. The molecular weight excluding hydrogens is 478 g/mol. The second-order valence-corrected chi connectivity index (χ2v) is 8.06. The lowest BCUT2D eigenvalue weighted by atomic mass is 10.1. The Kier molecular flexibility index (Phi) is 7.82. The molecule has 0 aliphatic carbocycles. The third-order valence-corrected chi connectivity index (χ3v) is 5.48. The number of anilines is 2. The number of para-hydroxylation sites is 1. The van der Waals surface area contributed by atoms with Gasteiger partial charge < -0.3 is 24.8 Å². The van der Waals surface area contributed by atoms with Gasteiger partial charge in [-0.1, -0.05) is 24.3 Å². The van der Waals surface area contributed by atoms with E-state index >= 15 is 0 Å². The van der Waals surface area contributed by atoms with E-state index in [1.54, 1.807) is 60.7 Å². The van der Waals surface area contributed by atoms with E-state index in [1.165, 1.54) is 12.0 Å². The molecule has 1 aliphatic rings. The SMILES string of the molecule is CCOc1ccc(N2C(=O)/C(=C\c3ccc(OCC(=O)Nc4ccccc4)c(OC)c3)NC2=S)cc1. The fourth-order valence-electron chi connectivity index (χ4n) is 3.55. The number of hydrogen-bond donors (Lipinski definition) is 2. The Bertz CT molecular complexity index is 1290. The van der Waals surface area contributed by atoms with Gasteiger partial charge in [0.25, 0.3) is 11.8 Å². The minimum Gasteiger partial charge on any atom is -0.494 e. The molecule has 36 heavy (non-hydrogen) atoms. The van der Waals surface area contributed by atoms with Crippen molar-refractivity contribution in [1.82, 2.24) is 5.32 Å². The summed E-state index contributed by atoms with van der Waals surface area (Å²) in [6.07, 6.45) is 1.68. The summed E-state index contributed by atoms with van der Waals surface area (Å²) in [5, 5.41) is 6.01. The van der Waals surface area contributed by atoms with Gasteiger partial charge in [-0.3, -0.25) is 14.5 Å². The quantitative estimate of drug-likeness (QED) is 0.331. The highest BCUT2D eigenvalue weighted by molar-refractivity contribution is 7.80. The number of benzene rings is 3. The van der Waals surface area contributed by atoms with Crippen molar-refractivity contribution in [2.45, 2.75) is 6.92 Å². The molecule has 0 saturated carbocycles. The highest BCUT2D eigenvalue weighted by atomic mass is 32.1. The van der Waals surface area contributed by atoms with Crippen LogP contribution in [0.4, 0.5) is 11.4 Å². The molecule has 0 spiro atoms. The molecule has 1 saturated heterocycles. The number of hydrogen-bond acceptors (Lipinski definition) is 6. The largest absolute Gasteiger partial charge is 0.494 e. The normalized spacial score (nSPS) is 13.9. The van der Waals surface area contributed by atoms with E-state index < -0.39 is 0 Å². The van der Waals surface area contributed by atoms with E-state index in [-0.39, 0.29) is 23.5 Å². The Morgan fingerprint density at radius 2 is 1.78 bits per heavy atom. The van der Waals surface area contributed by atoms with Gasteiger partial charge in [0.05, 0.1) is 19.4 Å². The molecule has 0 bridgehead atoms. The number of nitrogens with one attached hydrogen (secondary N) is 2. The first kappa shape index (κ1) is 24.7. The van der Waals surface area contributed by atoms with E-state index in [0.717, 1.165) is 5.75 Å². The lowest BCUT2D eigenvalue weighted by Crippen LogP contribution is -2.30. The molecule has 0 atom stereocenters. The van der Waals surface area contributed by atoms with Crippen molar-refractivity contribution in [3.05, 3.63) is 84.1 Å². The summed E-state index contributed by atoms with van der Waals surface area (Å²) in [5.74, 6) is 0.974. The zero-order valence-corrected chi connectivity index (χ0v) is 20.6. The van der Waals surface area contributed by atoms with Crippen LogP contribution < -0.4 is 29.7 Å². The van der Waals surface area contributed by atoms with Crippen molar-refractivity contribution in [1.29, 1.82) is 0 Å². The highest BCUT2D eigenvalue weighted by Crippen LogP contribution is 2.30. The van der Waals surface area contributed by atoms with Crippen molar-refractivity contribution in [3.8, 4) is 17.2 Å². The fourth-order valence-corrected chi connectivity index (χ4v) is 3.85. The van der Waals surface area contributed by atoms with E-state index in [4.69, 9.17) is 26.4 Å². The molecule has 0 aromatic heterocycles. The van der Waals surface area contributed by atoms with Gasteiger partial charge >= 0.3 is 0 Å². The van der Waals surface area contributed by atoms with Crippen LogP contribution in [0.15, 0.2) is 78.5 Å². The molecule has 1 fully saturated rings. The molecule has 3 aromatic carbocycles. The molecule has 3 aromatic rings. The summed E-state index contributed by atoms with van der Waals surface area (Å²) in [6.45, 7) is 2.28. The first-order valence-electron chi connectivity index (χ1n) is 11.2. The number of nitrogens with zero attached hydrogens (tertiary/aromatic N) is 1. The molecule has 4 rings (SSSR count). The van der Waals surface area contributed by atoms with Gasteiger partial charge in [-0.15, -0.1) is 0 Å². The molecule has 0 radical (unpaired) electrons. The van der Waals surface area contributed by atoms with Crippen LogP contribution in [0, 0.1) is 0 Å². The molecule has 8 nitrogen and oxygen atoms in total. The van der Waals surface area contributed by atoms with Gasteiger partial charge in [-0.05, 0) is 79.3 Å². The minimum atomic E-state index is -0.293. The van der Waals surface area contributed by atoms with Crippen LogP contribution in [0.25, 0.3) is 6.08 Å². The predicted octanol–water partition coefficient (Wildman–Crippen LogP) is 4.37. The van der Waals surface area contributed by atoms with E-state index in [1.807, 2.05) is 25.1 Å². The number of rotatable bonds is 9. The summed E-state index contributed by atoms with van der Waals surface area (Å²) < 4.78 is 16.5. The number of carbonyl (C=O) groups is 2. The standard InChI is InChI=1S/C27H25N3O5S/c1-3-34-21-12-10-20(11-13-21)30-26(32)22(29-27(30)36)15-18-9-14-23(24(16-18)33-2)35-17-25(31)28-19-7-5-4-6-8-19/h4-16H,3,17H2,1-2H3,(H,28,31)(H,29,36)/b22-15+. The Morgan fingerprint density at radius 1 is 1.03 bits per heavy atom. The van der Waals surface area contributed by atoms with Gasteiger partial charge in [0.1, 0.15) is 11.4 Å². The fraction of sp³-hybridized carbons (Fsp3) is 0.148. The summed E-state index contributed by atoms with van der Waals surface area (Å²) in [4.78, 5) is 26.7. The second-order valence-electron chi connectivity index (χ2n) is 7.67. The lowest BCUT2D eigenvalue weighted by Gasteiger charge is -2.14. The summed E-state index contributed by atoms with van der Waals surface area (Å²) in [6, 6.07) is 21.4. The lowest BCUT2D eigenvalue weighted by molar-refractivity contribution is -0.118. The molecule has 2 N–H and O–H groups in total. The molecule has 9 heteroatoms. The Labute approximate surface area is 214 Å². The summed E-state index contributed by atoms with van der Waals surface area (Å²) in [5.41, 5.74) is 2.34. The third-order valence-electron chi connectivity index (χ3n) is 5.20. The average Bonchev–Trinajstić information content (AvgIpc) is 3.16. The first-order valence-corrected chi connectivity index (χ1v) is 11.6. The third kappa shape index (κ3) is 5.81. The van der Waals surface area contributed by atoms with E-state index in [2.05, 4.69) is 10.6 Å². The Morgan fingerprint density at radius 3 is 2.47 bits per heavy atom. The Balaban J connectivity index is 1.44. The van der Waals surface area contributed by atoms with Crippen LogP contribution >= 0.6 is 12.2 Å². The number of ether oxygens (including phenoxy) is 3. The summed E-state index contributed by atoms with van der Waals surface area (Å²) in [7, 11) is 1.50. The van der Waals surface area contributed by atoms with Crippen molar-refractivity contribution < 1.29 is 23.8 Å². The van der Waals surface area contributed by atoms with Gasteiger partial charge in [0.2, 0.25) is 0 Å². The maximum atomic E-state index is 13.1. The van der Waals surface area contributed by atoms with Crippen LogP contribution in [-0.2, 0) is 9.59 Å². The zero-order valence-electron chi connectivity index (χ0n) is 19.8. The number of carbonyl (C=O) groups excluding carboxylic acids is 2.